The number of carbonyl (C=O) groups is 1. The molecule has 13 heteroatoms. The monoisotopic (exact) mass is 759 g/mol. The van der Waals surface area contributed by atoms with Crippen molar-refractivity contribution in [2.45, 2.75) is 33.4 Å². The minimum absolute atomic E-state index is 0.110. The first kappa shape index (κ1) is 32.4. The Bertz CT molecular complexity index is 2050. The number of fused-ring (bicyclic) bond motifs is 1. The summed E-state index contributed by atoms with van der Waals surface area (Å²) >= 11 is 9.59. The van der Waals surface area contributed by atoms with E-state index in [1.54, 1.807) is 51.1 Å². The van der Waals surface area contributed by atoms with E-state index in [0.29, 0.717) is 48.2 Å². The molecule has 0 N–H and O–H groups in total. The number of hydrogen-bond donors (Lipinski definition) is 0. The second-order valence-electron chi connectivity index (χ2n) is 10.0. The van der Waals surface area contributed by atoms with Crippen LogP contribution in [-0.2, 0) is 16.1 Å². The van der Waals surface area contributed by atoms with E-state index in [-0.39, 0.29) is 24.5 Å². The van der Waals surface area contributed by atoms with E-state index in [2.05, 4.69) is 27.6 Å². The predicted molar refractivity (Wildman–Crippen MR) is 180 cm³/mol. The van der Waals surface area contributed by atoms with Crippen LogP contribution in [0.15, 0.2) is 75.7 Å². The molecule has 1 aliphatic rings. The van der Waals surface area contributed by atoms with Crippen molar-refractivity contribution >= 4 is 63.3 Å². The Morgan fingerprint density at radius 2 is 1.96 bits per heavy atom. The lowest BCUT2D eigenvalue weighted by molar-refractivity contribution is -0.385. The lowest BCUT2D eigenvalue weighted by Crippen LogP contribution is -2.40. The maximum atomic E-state index is 14.0. The standard InChI is InChI=1S/C32H27ClIN3O7S/c1-5-43-31(39)27-18(3)35-32-36(28(27)20-11-10-17(2)24(15-20)37(40)41)30(38)26(45-32)14-19-12-23(34)29(25(13-19)42-4)44-16-21-8-6-7-9-22(21)33/h6-15,28H,5,16H2,1-4H3/b26-14+/t28-/m1/s1. The number of aromatic nitrogens is 1. The Labute approximate surface area is 280 Å². The van der Waals surface area contributed by atoms with Gasteiger partial charge in [0.15, 0.2) is 16.3 Å². The van der Waals surface area contributed by atoms with Gasteiger partial charge in [-0.25, -0.2) is 9.79 Å². The lowest BCUT2D eigenvalue weighted by Gasteiger charge is -2.24. The van der Waals surface area contributed by atoms with Crippen LogP contribution in [0.3, 0.4) is 0 Å². The molecule has 0 amide bonds. The third-order valence-electron chi connectivity index (χ3n) is 7.14. The number of allylic oxidation sites excluding steroid dienone is 1. The van der Waals surface area contributed by atoms with E-state index < -0.39 is 22.5 Å². The second-order valence-corrected chi connectivity index (χ2v) is 12.6. The number of nitro groups is 1. The zero-order chi connectivity index (χ0) is 32.4. The molecule has 10 nitrogen and oxygen atoms in total. The van der Waals surface area contributed by atoms with Gasteiger partial charge in [-0.15, -0.1) is 0 Å². The van der Waals surface area contributed by atoms with Crippen LogP contribution in [0.25, 0.3) is 6.08 Å². The normalized spacial score (nSPS) is 14.5. The first-order chi connectivity index (χ1) is 21.5. The van der Waals surface area contributed by atoms with Crippen molar-refractivity contribution in [3.8, 4) is 11.5 Å². The highest BCUT2D eigenvalue weighted by molar-refractivity contribution is 14.1. The number of carbonyl (C=O) groups excluding carboxylic acids is 1. The number of methoxy groups -OCH3 is 1. The third-order valence-corrected chi connectivity index (χ3v) is 9.30. The third kappa shape index (κ3) is 6.53. The molecule has 0 aliphatic carbocycles. The summed E-state index contributed by atoms with van der Waals surface area (Å²) in [5.41, 5.74) is 2.34. The lowest BCUT2D eigenvalue weighted by atomic mass is 9.94. The number of nitrogens with zero attached hydrogens (tertiary/aromatic N) is 3. The van der Waals surface area contributed by atoms with Crippen molar-refractivity contribution in [1.29, 1.82) is 0 Å². The van der Waals surface area contributed by atoms with Gasteiger partial charge in [0, 0.05) is 22.2 Å². The molecule has 45 heavy (non-hydrogen) atoms. The van der Waals surface area contributed by atoms with Crippen molar-refractivity contribution in [1.82, 2.24) is 4.57 Å². The fraction of sp³-hybridized carbons (Fsp3) is 0.219. The number of esters is 1. The number of halogens is 2. The number of hydrogen-bond acceptors (Lipinski definition) is 9. The Hall–Kier alpha value is -4.01. The molecule has 0 spiro atoms. The largest absolute Gasteiger partial charge is 0.493 e. The number of thiazole rings is 1. The summed E-state index contributed by atoms with van der Waals surface area (Å²) in [5.74, 6) is 0.360. The number of benzene rings is 3. The number of aryl methyl sites for hydroxylation is 1. The molecule has 4 aromatic rings. The van der Waals surface area contributed by atoms with E-state index in [9.17, 15) is 19.7 Å². The average Bonchev–Trinajstić information content (AvgIpc) is 3.30. The topological polar surface area (TPSA) is 122 Å². The maximum absolute atomic E-state index is 14.0. The van der Waals surface area contributed by atoms with E-state index in [4.69, 9.17) is 25.8 Å². The Morgan fingerprint density at radius 3 is 2.64 bits per heavy atom. The molecule has 0 fully saturated rings. The molecule has 0 radical (unpaired) electrons. The van der Waals surface area contributed by atoms with Gasteiger partial charge in [0.1, 0.15) is 6.61 Å². The molecule has 0 saturated heterocycles. The first-order valence-corrected chi connectivity index (χ1v) is 16.0. The van der Waals surface area contributed by atoms with Gasteiger partial charge in [-0.3, -0.25) is 19.5 Å². The molecule has 2 heterocycles. The summed E-state index contributed by atoms with van der Waals surface area (Å²) in [6.45, 7) is 5.32. The van der Waals surface area contributed by atoms with Gasteiger partial charge in [-0.1, -0.05) is 53.3 Å². The van der Waals surface area contributed by atoms with E-state index >= 15 is 0 Å². The smallest absolute Gasteiger partial charge is 0.338 e. The number of rotatable bonds is 9. The van der Waals surface area contributed by atoms with E-state index in [1.807, 2.05) is 24.3 Å². The van der Waals surface area contributed by atoms with Gasteiger partial charge in [0.05, 0.1) is 44.1 Å². The summed E-state index contributed by atoms with van der Waals surface area (Å²) in [6.07, 6.45) is 1.71. The highest BCUT2D eigenvalue weighted by Crippen LogP contribution is 2.36. The fourth-order valence-electron chi connectivity index (χ4n) is 4.98. The van der Waals surface area contributed by atoms with Gasteiger partial charge in [0.25, 0.3) is 11.2 Å². The van der Waals surface area contributed by atoms with Crippen LogP contribution in [0.5, 0.6) is 11.5 Å². The SMILES string of the molecule is CCOC(=O)C1=C(C)N=c2s/c(=C/c3cc(I)c(OCc4ccccc4Cl)c(OC)c3)c(=O)n2[C@@H]1c1ccc(C)c([N+](=O)[O-])c1. The van der Waals surface area contributed by atoms with Crippen LogP contribution in [0.1, 0.15) is 42.1 Å². The Balaban J connectivity index is 1.61. The molecule has 0 bridgehead atoms. The summed E-state index contributed by atoms with van der Waals surface area (Å²) in [7, 11) is 1.53. The average molecular weight is 760 g/mol. The van der Waals surface area contributed by atoms with Crippen molar-refractivity contribution in [2.75, 3.05) is 13.7 Å². The number of ether oxygens (including phenoxy) is 3. The van der Waals surface area contributed by atoms with E-state index in [1.165, 1.54) is 17.7 Å². The fourth-order valence-corrected chi connectivity index (χ4v) is 7.00. The van der Waals surface area contributed by atoms with Gasteiger partial charge in [-0.2, -0.15) is 0 Å². The summed E-state index contributed by atoms with van der Waals surface area (Å²) in [5, 5.41) is 12.4. The molecule has 1 aliphatic heterocycles. The maximum Gasteiger partial charge on any atom is 0.338 e. The quantitative estimate of drug-likeness (QED) is 0.0908. The first-order valence-electron chi connectivity index (χ1n) is 13.7. The van der Waals surface area contributed by atoms with Crippen LogP contribution < -0.4 is 24.4 Å². The van der Waals surface area contributed by atoms with Gasteiger partial charge in [0.2, 0.25) is 0 Å². The summed E-state index contributed by atoms with van der Waals surface area (Å²) in [4.78, 5) is 43.4. The van der Waals surface area contributed by atoms with Crippen LogP contribution in [0.4, 0.5) is 5.69 Å². The summed E-state index contributed by atoms with van der Waals surface area (Å²) in [6, 6.07) is 14.7. The Morgan fingerprint density at radius 1 is 1.20 bits per heavy atom. The zero-order valence-electron chi connectivity index (χ0n) is 24.6. The minimum Gasteiger partial charge on any atom is -0.493 e. The van der Waals surface area contributed by atoms with Crippen molar-refractivity contribution in [3.05, 3.63) is 127 Å². The van der Waals surface area contributed by atoms with E-state index in [0.717, 1.165) is 20.5 Å². The zero-order valence-corrected chi connectivity index (χ0v) is 28.4. The highest BCUT2D eigenvalue weighted by Gasteiger charge is 2.34. The minimum atomic E-state index is -0.975. The van der Waals surface area contributed by atoms with Crippen molar-refractivity contribution in [3.63, 3.8) is 0 Å². The molecule has 232 valence electrons. The molecule has 3 aromatic carbocycles. The molecule has 5 rings (SSSR count). The van der Waals surface area contributed by atoms with Crippen LogP contribution in [-0.4, -0.2) is 29.2 Å². The van der Waals surface area contributed by atoms with Crippen molar-refractivity contribution in [2.24, 2.45) is 4.99 Å². The predicted octanol–water partition coefficient (Wildman–Crippen LogP) is 5.86. The molecule has 1 atom stereocenters. The van der Waals surface area contributed by atoms with Gasteiger partial charge >= 0.3 is 5.97 Å². The molecular weight excluding hydrogens is 733 g/mol. The van der Waals surface area contributed by atoms with Crippen LogP contribution >= 0.6 is 45.5 Å². The molecule has 1 aromatic heterocycles. The van der Waals surface area contributed by atoms with Crippen molar-refractivity contribution < 1.29 is 23.9 Å². The second kappa shape index (κ2) is 13.5. The Kier molecular flexibility index (Phi) is 9.75. The summed E-state index contributed by atoms with van der Waals surface area (Å²) < 4.78 is 19.5. The van der Waals surface area contributed by atoms with Crippen LogP contribution in [0.2, 0.25) is 5.02 Å². The van der Waals surface area contributed by atoms with Gasteiger partial charge < -0.3 is 14.2 Å². The van der Waals surface area contributed by atoms with Crippen LogP contribution in [0, 0.1) is 20.6 Å². The molecule has 0 unspecified atom stereocenters. The molecule has 0 saturated carbocycles. The molecular formula is C32H27ClIN3O7S. The number of nitro benzene ring substituents is 1. The highest BCUT2D eigenvalue weighted by atomic mass is 127. The van der Waals surface area contributed by atoms with Gasteiger partial charge in [-0.05, 0) is 78.8 Å².